The Morgan fingerprint density at radius 3 is 0.618 bits per heavy atom. The highest BCUT2D eigenvalue weighted by atomic mass is 15.3. The molecule has 0 saturated carbocycles. The zero-order valence-corrected chi connectivity index (χ0v) is 24.2. The fourth-order valence-corrected chi connectivity index (χ4v) is 4.99. The van der Waals surface area contributed by atoms with Crippen molar-refractivity contribution in [2.24, 2.45) is 0 Å². The van der Waals surface area contributed by atoms with Gasteiger partial charge in [0, 0.05) is 13.1 Å². The molecule has 0 atom stereocenters. The van der Waals surface area contributed by atoms with Gasteiger partial charge in [0.2, 0.25) is 0 Å². The molecule has 206 valence electrons. The van der Waals surface area contributed by atoms with Gasteiger partial charge in [-0.15, -0.1) is 0 Å². The van der Waals surface area contributed by atoms with Gasteiger partial charge in [0.15, 0.2) is 0 Å². The molecule has 0 aromatic rings. The highest BCUT2D eigenvalue weighted by Crippen LogP contribution is 2.14. The van der Waals surface area contributed by atoms with Gasteiger partial charge in [-0.1, -0.05) is 181 Å². The van der Waals surface area contributed by atoms with Gasteiger partial charge < -0.3 is 0 Å². The molecule has 0 fully saturated rings. The van der Waals surface area contributed by atoms with Gasteiger partial charge in [-0.3, -0.25) is 10.9 Å². The summed E-state index contributed by atoms with van der Waals surface area (Å²) >= 11 is 0. The average molecular weight is 481 g/mol. The van der Waals surface area contributed by atoms with Crippen molar-refractivity contribution in [3.05, 3.63) is 0 Å². The Bertz CT molecular complexity index is 299. The maximum absolute atomic E-state index is 3.43. The van der Waals surface area contributed by atoms with Crippen LogP contribution in [0.4, 0.5) is 0 Å². The molecular weight excluding hydrogens is 412 g/mol. The molecule has 0 aliphatic carbocycles. The number of hydrogen-bond donors (Lipinski definition) is 2. The Morgan fingerprint density at radius 1 is 0.235 bits per heavy atom. The lowest BCUT2D eigenvalue weighted by Crippen LogP contribution is -2.33. The van der Waals surface area contributed by atoms with Crippen molar-refractivity contribution >= 4 is 0 Å². The van der Waals surface area contributed by atoms with Crippen molar-refractivity contribution in [2.45, 2.75) is 194 Å². The second kappa shape index (κ2) is 32.9. The highest BCUT2D eigenvalue weighted by molar-refractivity contribution is 4.52. The van der Waals surface area contributed by atoms with Gasteiger partial charge >= 0.3 is 0 Å². The van der Waals surface area contributed by atoms with Crippen LogP contribution >= 0.6 is 0 Å². The first-order valence-corrected chi connectivity index (χ1v) is 16.4. The predicted octanol–water partition coefficient (Wildman–Crippen LogP) is 11.0. The summed E-state index contributed by atoms with van der Waals surface area (Å²) in [7, 11) is 0. The van der Waals surface area contributed by atoms with E-state index in [-0.39, 0.29) is 0 Å². The summed E-state index contributed by atoms with van der Waals surface area (Å²) in [5, 5.41) is 0. The molecule has 2 heteroatoms. The number of hydrazine groups is 1. The predicted molar refractivity (Wildman–Crippen MR) is 157 cm³/mol. The van der Waals surface area contributed by atoms with E-state index in [4.69, 9.17) is 0 Å². The van der Waals surface area contributed by atoms with E-state index in [2.05, 4.69) is 24.7 Å². The van der Waals surface area contributed by atoms with Crippen molar-refractivity contribution in [1.82, 2.24) is 10.9 Å². The smallest absolute Gasteiger partial charge is 0.00997 e. The summed E-state index contributed by atoms with van der Waals surface area (Å²) in [5.74, 6) is 0. The first-order valence-electron chi connectivity index (χ1n) is 16.4. The van der Waals surface area contributed by atoms with E-state index in [0.29, 0.717) is 0 Å². The van der Waals surface area contributed by atoms with E-state index in [1.807, 2.05) is 0 Å². The van der Waals surface area contributed by atoms with E-state index in [1.165, 1.54) is 180 Å². The standard InChI is InChI=1S/C32H68N2/c1-3-5-7-9-11-13-15-17-19-21-23-25-27-29-31-33-34-32-30-28-26-24-22-20-18-16-14-12-10-8-6-4-2/h33-34H,3-32H2,1-2H3. The van der Waals surface area contributed by atoms with Crippen LogP contribution < -0.4 is 10.9 Å². The zero-order valence-electron chi connectivity index (χ0n) is 24.2. The fourth-order valence-electron chi connectivity index (χ4n) is 4.99. The van der Waals surface area contributed by atoms with Crippen molar-refractivity contribution < 1.29 is 0 Å². The Kier molecular flexibility index (Phi) is 32.8. The second-order valence-corrected chi connectivity index (χ2v) is 11.0. The van der Waals surface area contributed by atoms with E-state index in [0.717, 1.165) is 13.1 Å². The third kappa shape index (κ3) is 31.9. The van der Waals surface area contributed by atoms with Gasteiger partial charge in [-0.25, -0.2) is 0 Å². The first kappa shape index (κ1) is 33.9. The zero-order chi connectivity index (χ0) is 24.6. The van der Waals surface area contributed by atoms with Crippen molar-refractivity contribution in [2.75, 3.05) is 13.1 Å². The summed E-state index contributed by atoms with van der Waals surface area (Å²) in [6.45, 7) is 6.87. The van der Waals surface area contributed by atoms with Gasteiger partial charge in [-0.05, 0) is 12.8 Å². The molecule has 0 saturated heterocycles. The maximum Gasteiger partial charge on any atom is 0.00997 e. The van der Waals surface area contributed by atoms with Crippen LogP contribution in [-0.2, 0) is 0 Å². The second-order valence-electron chi connectivity index (χ2n) is 11.0. The number of rotatable bonds is 31. The SMILES string of the molecule is CCCCCCCCCCCCCCCCNNCCCCCCCCCCCCCCCC. The van der Waals surface area contributed by atoms with Gasteiger partial charge in [0.05, 0.1) is 0 Å². The largest absolute Gasteiger partial charge is 0.258 e. The van der Waals surface area contributed by atoms with E-state index >= 15 is 0 Å². The minimum absolute atomic E-state index is 1.14. The lowest BCUT2D eigenvalue weighted by molar-refractivity contribution is 0.476. The normalized spacial score (nSPS) is 11.5. The Morgan fingerprint density at radius 2 is 0.412 bits per heavy atom. The van der Waals surface area contributed by atoms with E-state index in [9.17, 15) is 0 Å². The molecule has 0 aliphatic rings. The Labute approximate surface area is 217 Å². The van der Waals surface area contributed by atoms with E-state index in [1.54, 1.807) is 0 Å². The Balaban J connectivity index is 2.99. The van der Waals surface area contributed by atoms with Crippen LogP contribution in [0.1, 0.15) is 194 Å². The third-order valence-corrected chi connectivity index (χ3v) is 7.44. The molecule has 0 aromatic carbocycles. The maximum atomic E-state index is 3.43. The number of nitrogens with one attached hydrogen (secondary N) is 2. The quantitative estimate of drug-likeness (QED) is 0.0761. The molecule has 0 spiro atoms. The lowest BCUT2D eigenvalue weighted by Gasteiger charge is -2.07. The van der Waals surface area contributed by atoms with Gasteiger partial charge in [-0.2, -0.15) is 0 Å². The van der Waals surface area contributed by atoms with Crippen LogP contribution in [0.2, 0.25) is 0 Å². The molecule has 0 unspecified atom stereocenters. The van der Waals surface area contributed by atoms with Gasteiger partial charge in [0.1, 0.15) is 0 Å². The summed E-state index contributed by atoms with van der Waals surface area (Å²) in [5.41, 5.74) is 6.85. The molecule has 0 aliphatic heterocycles. The van der Waals surface area contributed by atoms with Crippen LogP contribution in [0.3, 0.4) is 0 Å². The molecule has 0 aromatic heterocycles. The van der Waals surface area contributed by atoms with Crippen LogP contribution in [0.5, 0.6) is 0 Å². The van der Waals surface area contributed by atoms with Crippen molar-refractivity contribution in [1.29, 1.82) is 0 Å². The van der Waals surface area contributed by atoms with Crippen molar-refractivity contribution in [3.8, 4) is 0 Å². The molecule has 0 bridgehead atoms. The minimum Gasteiger partial charge on any atom is -0.258 e. The minimum atomic E-state index is 1.14. The third-order valence-electron chi connectivity index (χ3n) is 7.44. The van der Waals surface area contributed by atoms with Crippen molar-refractivity contribution in [3.63, 3.8) is 0 Å². The number of hydrogen-bond acceptors (Lipinski definition) is 2. The summed E-state index contributed by atoms with van der Waals surface area (Å²) in [6, 6.07) is 0. The highest BCUT2D eigenvalue weighted by Gasteiger charge is 1.96. The molecule has 2 nitrogen and oxygen atoms in total. The van der Waals surface area contributed by atoms with Gasteiger partial charge in [0.25, 0.3) is 0 Å². The van der Waals surface area contributed by atoms with E-state index < -0.39 is 0 Å². The lowest BCUT2D eigenvalue weighted by atomic mass is 10.0. The molecule has 0 radical (unpaired) electrons. The Hall–Kier alpha value is -0.0800. The molecule has 0 amide bonds. The fraction of sp³-hybridized carbons (Fsp3) is 1.00. The van der Waals surface area contributed by atoms with Crippen LogP contribution in [0.25, 0.3) is 0 Å². The molecule has 0 heterocycles. The molecular formula is C32H68N2. The van der Waals surface area contributed by atoms with Crippen LogP contribution in [0.15, 0.2) is 0 Å². The molecule has 2 N–H and O–H groups in total. The summed E-state index contributed by atoms with van der Waals surface area (Å²) in [6.07, 6.45) is 40.3. The number of unbranched alkanes of at least 4 members (excludes halogenated alkanes) is 26. The topological polar surface area (TPSA) is 24.1 Å². The monoisotopic (exact) mass is 481 g/mol. The molecule has 0 rings (SSSR count). The van der Waals surface area contributed by atoms with Crippen LogP contribution in [-0.4, -0.2) is 13.1 Å². The van der Waals surface area contributed by atoms with Crippen LogP contribution in [0, 0.1) is 0 Å². The molecule has 34 heavy (non-hydrogen) atoms. The first-order chi connectivity index (χ1) is 16.9. The summed E-state index contributed by atoms with van der Waals surface area (Å²) in [4.78, 5) is 0. The average Bonchev–Trinajstić information content (AvgIpc) is 2.85. The summed E-state index contributed by atoms with van der Waals surface area (Å²) < 4.78 is 0.